The Labute approximate surface area is 147 Å². The highest BCUT2D eigenvalue weighted by molar-refractivity contribution is 7.10. The third-order valence-electron chi connectivity index (χ3n) is 4.75. The molecule has 0 unspecified atom stereocenters. The molecule has 1 aromatic heterocycles. The predicted octanol–water partition coefficient (Wildman–Crippen LogP) is 6.39. The first-order chi connectivity index (χ1) is 11.8. The van der Waals surface area contributed by atoms with Gasteiger partial charge < -0.3 is 4.90 Å². The quantitative estimate of drug-likeness (QED) is 0.503. The van der Waals surface area contributed by atoms with E-state index in [0.29, 0.717) is 12.1 Å². The zero-order valence-electron chi connectivity index (χ0n) is 13.6. The SMILES string of the molecule is C=C1C[C@H](c2cccs2)N(c2ccccc2)[C@H](c2ccccc2)C1. The maximum absolute atomic E-state index is 4.36. The minimum absolute atomic E-state index is 0.335. The first-order valence-electron chi connectivity index (χ1n) is 8.41. The normalized spacial score (nSPS) is 21.0. The molecule has 120 valence electrons. The maximum atomic E-state index is 4.36. The minimum Gasteiger partial charge on any atom is -0.356 e. The molecule has 1 nitrogen and oxygen atoms in total. The van der Waals surface area contributed by atoms with Crippen molar-refractivity contribution in [3.8, 4) is 0 Å². The summed E-state index contributed by atoms with van der Waals surface area (Å²) < 4.78 is 0. The van der Waals surface area contributed by atoms with Crippen LogP contribution in [0.25, 0.3) is 0 Å². The summed E-state index contributed by atoms with van der Waals surface area (Å²) in [4.78, 5) is 4.01. The minimum atomic E-state index is 0.335. The van der Waals surface area contributed by atoms with Crippen molar-refractivity contribution >= 4 is 17.0 Å². The van der Waals surface area contributed by atoms with Crippen LogP contribution in [0.4, 0.5) is 5.69 Å². The molecule has 1 saturated heterocycles. The zero-order valence-corrected chi connectivity index (χ0v) is 14.5. The summed E-state index contributed by atoms with van der Waals surface area (Å²) in [5.74, 6) is 0. The molecular formula is C22H21NS. The molecule has 0 saturated carbocycles. The molecule has 1 fully saturated rings. The number of anilines is 1. The van der Waals surface area contributed by atoms with Crippen molar-refractivity contribution in [3.05, 3.63) is 101 Å². The number of piperidine rings is 1. The van der Waals surface area contributed by atoms with Crippen LogP contribution >= 0.6 is 11.3 Å². The van der Waals surface area contributed by atoms with Crippen LogP contribution in [0.5, 0.6) is 0 Å². The highest BCUT2D eigenvalue weighted by Gasteiger charge is 2.34. The number of hydrogen-bond donors (Lipinski definition) is 0. The molecule has 0 spiro atoms. The average Bonchev–Trinajstić information content (AvgIpc) is 3.17. The van der Waals surface area contributed by atoms with Gasteiger partial charge >= 0.3 is 0 Å². The Kier molecular flexibility index (Phi) is 4.22. The fourth-order valence-electron chi connectivity index (χ4n) is 3.68. The van der Waals surface area contributed by atoms with E-state index in [-0.39, 0.29) is 0 Å². The van der Waals surface area contributed by atoms with Crippen molar-refractivity contribution in [2.45, 2.75) is 24.9 Å². The Morgan fingerprint density at radius 2 is 1.46 bits per heavy atom. The fraction of sp³-hybridized carbons (Fsp3) is 0.182. The standard InChI is InChI=1S/C22H21NS/c1-17-15-20(18-9-4-2-5-10-18)23(19-11-6-3-7-12-19)21(16-17)22-13-8-14-24-22/h2-14,20-21H,1,15-16H2/t20-,21+/m0/s1. The lowest BCUT2D eigenvalue weighted by Gasteiger charge is -2.44. The van der Waals surface area contributed by atoms with Crippen LogP contribution in [0.15, 0.2) is 90.3 Å². The van der Waals surface area contributed by atoms with Crippen LogP contribution in [-0.2, 0) is 0 Å². The topological polar surface area (TPSA) is 3.24 Å². The van der Waals surface area contributed by atoms with Gasteiger partial charge in [0, 0.05) is 10.6 Å². The number of para-hydroxylation sites is 1. The molecule has 2 heteroatoms. The third kappa shape index (κ3) is 2.90. The lowest BCUT2D eigenvalue weighted by Crippen LogP contribution is -2.36. The number of benzene rings is 2. The Bertz CT molecular complexity index is 793. The molecule has 3 aromatic rings. The summed E-state index contributed by atoms with van der Waals surface area (Å²) in [6.45, 7) is 4.36. The molecule has 0 radical (unpaired) electrons. The molecule has 4 rings (SSSR count). The van der Waals surface area contributed by atoms with Gasteiger partial charge in [-0.15, -0.1) is 11.3 Å². The van der Waals surface area contributed by atoms with Gasteiger partial charge in [0.2, 0.25) is 0 Å². The van der Waals surface area contributed by atoms with E-state index in [1.165, 1.54) is 21.7 Å². The second-order valence-corrected chi connectivity index (χ2v) is 7.34. The van der Waals surface area contributed by atoms with Gasteiger partial charge in [0.15, 0.2) is 0 Å². The van der Waals surface area contributed by atoms with Gasteiger partial charge in [0.25, 0.3) is 0 Å². The molecule has 1 aliphatic heterocycles. The van der Waals surface area contributed by atoms with E-state index in [1.807, 2.05) is 11.3 Å². The third-order valence-corrected chi connectivity index (χ3v) is 5.72. The Morgan fingerprint density at radius 3 is 2.12 bits per heavy atom. The van der Waals surface area contributed by atoms with Crippen LogP contribution in [0, 0.1) is 0 Å². The van der Waals surface area contributed by atoms with Crippen molar-refractivity contribution in [1.29, 1.82) is 0 Å². The molecule has 24 heavy (non-hydrogen) atoms. The molecular weight excluding hydrogens is 310 g/mol. The van der Waals surface area contributed by atoms with Crippen LogP contribution < -0.4 is 4.90 Å². The average molecular weight is 331 g/mol. The molecule has 0 N–H and O–H groups in total. The number of nitrogens with zero attached hydrogens (tertiary/aromatic N) is 1. The van der Waals surface area contributed by atoms with E-state index in [9.17, 15) is 0 Å². The summed E-state index contributed by atoms with van der Waals surface area (Å²) in [5.41, 5.74) is 4.00. The lowest BCUT2D eigenvalue weighted by atomic mass is 9.86. The van der Waals surface area contributed by atoms with Crippen LogP contribution in [0.3, 0.4) is 0 Å². The van der Waals surface area contributed by atoms with E-state index in [4.69, 9.17) is 0 Å². The second kappa shape index (κ2) is 6.66. The first kappa shape index (κ1) is 15.2. The van der Waals surface area contributed by atoms with Crippen molar-refractivity contribution in [1.82, 2.24) is 0 Å². The van der Waals surface area contributed by atoms with E-state index in [2.05, 4.69) is 89.7 Å². The zero-order chi connectivity index (χ0) is 16.4. The van der Waals surface area contributed by atoms with Crippen LogP contribution in [-0.4, -0.2) is 0 Å². The van der Waals surface area contributed by atoms with Gasteiger partial charge in [-0.3, -0.25) is 0 Å². The maximum Gasteiger partial charge on any atom is 0.0678 e. The molecule has 0 amide bonds. The molecule has 2 aromatic carbocycles. The highest BCUT2D eigenvalue weighted by atomic mass is 32.1. The van der Waals surface area contributed by atoms with Crippen molar-refractivity contribution in [2.75, 3.05) is 4.90 Å². The second-order valence-electron chi connectivity index (χ2n) is 6.36. The highest BCUT2D eigenvalue weighted by Crippen LogP contribution is 2.47. The summed E-state index contributed by atoms with van der Waals surface area (Å²) in [6.07, 6.45) is 2.04. The van der Waals surface area contributed by atoms with E-state index in [1.54, 1.807) is 0 Å². The first-order valence-corrected chi connectivity index (χ1v) is 9.29. The molecule has 1 aliphatic rings. The summed E-state index contributed by atoms with van der Waals surface area (Å²) in [6, 6.07) is 26.7. The fourth-order valence-corrected chi connectivity index (χ4v) is 4.50. The molecule has 0 bridgehead atoms. The van der Waals surface area contributed by atoms with E-state index in [0.717, 1.165) is 12.8 Å². The van der Waals surface area contributed by atoms with Gasteiger partial charge in [0.05, 0.1) is 12.1 Å². The van der Waals surface area contributed by atoms with Gasteiger partial charge in [-0.1, -0.05) is 66.7 Å². The van der Waals surface area contributed by atoms with Gasteiger partial charge in [-0.2, -0.15) is 0 Å². The van der Waals surface area contributed by atoms with E-state index >= 15 is 0 Å². The lowest BCUT2D eigenvalue weighted by molar-refractivity contribution is 0.468. The van der Waals surface area contributed by atoms with Crippen LogP contribution in [0.2, 0.25) is 0 Å². The Balaban J connectivity index is 1.82. The van der Waals surface area contributed by atoms with Crippen molar-refractivity contribution in [3.63, 3.8) is 0 Å². The van der Waals surface area contributed by atoms with Gasteiger partial charge in [0.1, 0.15) is 0 Å². The summed E-state index contributed by atoms with van der Waals surface area (Å²) in [5, 5.41) is 2.17. The van der Waals surface area contributed by atoms with Crippen molar-refractivity contribution in [2.24, 2.45) is 0 Å². The predicted molar refractivity (Wildman–Crippen MR) is 104 cm³/mol. The van der Waals surface area contributed by atoms with Crippen molar-refractivity contribution < 1.29 is 0 Å². The largest absolute Gasteiger partial charge is 0.356 e. The molecule has 0 aliphatic carbocycles. The molecule has 2 atom stereocenters. The smallest absolute Gasteiger partial charge is 0.0678 e. The molecule has 2 heterocycles. The van der Waals surface area contributed by atoms with Gasteiger partial charge in [-0.25, -0.2) is 0 Å². The monoisotopic (exact) mass is 331 g/mol. The Hall–Kier alpha value is -2.32. The number of thiophene rings is 1. The van der Waals surface area contributed by atoms with Crippen LogP contribution in [0.1, 0.15) is 35.4 Å². The van der Waals surface area contributed by atoms with E-state index < -0.39 is 0 Å². The van der Waals surface area contributed by atoms with Gasteiger partial charge in [-0.05, 0) is 42.0 Å². The Morgan fingerprint density at radius 1 is 0.792 bits per heavy atom. The number of rotatable bonds is 3. The number of hydrogen-bond acceptors (Lipinski definition) is 2. The summed E-state index contributed by atoms with van der Waals surface area (Å²) >= 11 is 1.84. The summed E-state index contributed by atoms with van der Waals surface area (Å²) in [7, 11) is 0.